The fourth-order valence-electron chi connectivity index (χ4n) is 2.61. The van der Waals surface area contributed by atoms with Crippen LogP contribution in [0.1, 0.15) is 35.4 Å². The smallest absolute Gasteiger partial charge is 0.344 e. The molecule has 1 heterocycles. The second-order valence-electron chi connectivity index (χ2n) is 5.98. The molecular weight excluding hydrogens is 322 g/mol. The van der Waals surface area contributed by atoms with Crippen molar-refractivity contribution >= 4 is 11.9 Å². The van der Waals surface area contributed by atoms with Crippen molar-refractivity contribution in [3.05, 3.63) is 53.0 Å². The number of hydrogen-bond acceptors (Lipinski definition) is 5. The number of ether oxygens (including phenoxy) is 2. The minimum atomic E-state index is -0.597. The zero-order valence-corrected chi connectivity index (χ0v) is 14.9. The quantitative estimate of drug-likeness (QED) is 0.781. The molecule has 0 aliphatic rings. The highest BCUT2D eigenvalue weighted by atomic mass is 16.6. The molecule has 0 unspecified atom stereocenters. The molecule has 2 rings (SSSR count). The molecule has 1 amide bonds. The molecule has 6 heteroatoms. The maximum absolute atomic E-state index is 11.8. The Kier molecular flexibility index (Phi) is 6.22. The van der Waals surface area contributed by atoms with E-state index in [1.807, 2.05) is 32.9 Å². The number of carbonyl (C=O) groups is 2. The van der Waals surface area contributed by atoms with Gasteiger partial charge in [-0.25, -0.2) is 4.79 Å². The summed E-state index contributed by atoms with van der Waals surface area (Å²) in [7, 11) is 0. The highest BCUT2D eigenvalue weighted by molar-refractivity contribution is 5.81. The molecule has 0 saturated heterocycles. The summed E-state index contributed by atoms with van der Waals surface area (Å²) in [5.41, 5.74) is 3.04. The van der Waals surface area contributed by atoms with Crippen LogP contribution in [0.4, 0.5) is 0 Å². The zero-order chi connectivity index (χ0) is 18.4. The molecule has 6 nitrogen and oxygen atoms in total. The minimum absolute atomic E-state index is 0.244. The van der Waals surface area contributed by atoms with E-state index in [0.717, 1.165) is 16.7 Å². The number of carbonyl (C=O) groups excluding carboxylic acids is 2. The SMILES string of the molecule is Cc1cc(C)c(OCC(=O)OCC(=O)N[C@@H](C)c2ccco2)c(C)c1. The molecule has 0 radical (unpaired) electrons. The first-order valence-corrected chi connectivity index (χ1v) is 8.06. The molecular formula is C19H23NO5. The van der Waals surface area contributed by atoms with E-state index < -0.39 is 11.9 Å². The third-order valence-electron chi connectivity index (χ3n) is 3.65. The van der Waals surface area contributed by atoms with Crippen molar-refractivity contribution in [2.24, 2.45) is 0 Å². The Balaban J connectivity index is 1.76. The van der Waals surface area contributed by atoms with E-state index in [9.17, 15) is 9.59 Å². The van der Waals surface area contributed by atoms with Gasteiger partial charge in [-0.3, -0.25) is 4.79 Å². The third kappa shape index (κ3) is 5.38. The van der Waals surface area contributed by atoms with Gasteiger partial charge in [-0.2, -0.15) is 0 Å². The van der Waals surface area contributed by atoms with Crippen LogP contribution in [0.3, 0.4) is 0 Å². The maximum atomic E-state index is 11.8. The van der Waals surface area contributed by atoms with Crippen LogP contribution in [-0.4, -0.2) is 25.1 Å². The largest absolute Gasteiger partial charge is 0.481 e. The minimum Gasteiger partial charge on any atom is -0.481 e. The van der Waals surface area contributed by atoms with Crippen LogP contribution in [0.25, 0.3) is 0 Å². The van der Waals surface area contributed by atoms with E-state index in [1.54, 1.807) is 19.1 Å². The summed E-state index contributed by atoms with van der Waals surface area (Å²) < 4.78 is 15.7. The molecule has 1 atom stereocenters. The Morgan fingerprint density at radius 1 is 1.16 bits per heavy atom. The van der Waals surface area contributed by atoms with Crippen LogP contribution in [0, 0.1) is 20.8 Å². The lowest BCUT2D eigenvalue weighted by molar-refractivity contribution is -0.150. The normalized spacial score (nSPS) is 11.7. The predicted octanol–water partition coefficient (Wildman–Crippen LogP) is 3.00. The van der Waals surface area contributed by atoms with Crippen molar-refractivity contribution in [3.63, 3.8) is 0 Å². The molecule has 1 aromatic heterocycles. The van der Waals surface area contributed by atoms with Gasteiger partial charge in [-0.1, -0.05) is 17.7 Å². The number of rotatable bonds is 7. The standard InChI is InChI=1S/C19H23NO5/c1-12-8-13(2)19(14(3)9-12)25-11-18(22)24-10-17(21)20-15(4)16-6-5-7-23-16/h5-9,15H,10-11H2,1-4H3,(H,20,21)/t15-/m0/s1. The van der Waals surface area contributed by atoms with E-state index in [1.165, 1.54) is 6.26 Å². The Hall–Kier alpha value is -2.76. The number of hydrogen-bond donors (Lipinski definition) is 1. The first-order valence-electron chi connectivity index (χ1n) is 8.06. The Morgan fingerprint density at radius 3 is 2.44 bits per heavy atom. The van der Waals surface area contributed by atoms with Crippen LogP contribution in [0.2, 0.25) is 0 Å². The second-order valence-corrected chi connectivity index (χ2v) is 5.98. The van der Waals surface area contributed by atoms with Gasteiger partial charge < -0.3 is 19.2 Å². The maximum Gasteiger partial charge on any atom is 0.344 e. The van der Waals surface area contributed by atoms with Gasteiger partial charge in [0.25, 0.3) is 5.91 Å². The summed E-state index contributed by atoms with van der Waals surface area (Å²) in [5.74, 6) is 0.298. The molecule has 0 fully saturated rings. The van der Waals surface area contributed by atoms with Gasteiger partial charge >= 0.3 is 5.97 Å². The number of furan rings is 1. The average molecular weight is 345 g/mol. The number of esters is 1. The molecule has 1 aromatic carbocycles. The average Bonchev–Trinajstić information content (AvgIpc) is 3.06. The number of amides is 1. The zero-order valence-electron chi connectivity index (χ0n) is 14.9. The van der Waals surface area contributed by atoms with E-state index in [0.29, 0.717) is 11.5 Å². The topological polar surface area (TPSA) is 77.8 Å². The predicted molar refractivity (Wildman–Crippen MR) is 92.4 cm³/mol. The molecule has 0 aliphatic carbocycles. The van der Waals surface area contributed by atoms with Gasteiger partial charge in [-0.15, -0.1) is 0 Å². The van der Waals surface area contributed by atoms with Gasteiger partial charge in [0.1, 0.15) is 11.5 Å². The van der Waals surface area contributed by atoms with Crippen LogP contribution < -0.4 is 10.1 Å². The van der Waals surface area contributed by atoms with Gasteiger partial charge in [0.05, 0.1) is 12.3 Å². The summed E-state index contributed by atoms with van der Waals surface area (Å²) in [6, 6.07) is 7.17. The van der Waals surface area contributed by atoms with Gasteiger partial charge in [0.15, 0.2) is 13.2 Å². The van der Waals surface area contributed by atoms with Crippen LogP contribution >= 0.6 is 0 Å². The Labute approximate surface area is 147 Å². The Bertz CT molecular complexity index is 713. The highest BCUT2D eigenvalue weighted by Gasteiger charge is 2.14. The highest BCUT2D eigenvalue weighted by Crippen LogP contribution is 2.24. The third-order valence-corrected chi connectivity index (χ3v) is 3.65. The molecule has 134 valence electrons. The number of aryl methyl sites for hydroxylation is 3. The van der Waals surface area contributed by atoms with E-state index in [-0.39, 0.29) is 19.3 Å². The number of nitrogens with one attached hydrogen (secondary N) is 1. The van der Waals surface area contributed by atoms with Crippen LogP contribution in [0.15, 0.2) is 34.9 Å². The monoisotopic (exact) mass is 345 g/mol. The van der Waals surface area contributed by atoms with Crippen LogP contribution in [-0.2, 0) is 14.3 Å². The van der Waals surface area contributed by atoms with Crippen molar-refractivity contribution in [1.29, 1.82) is 0 Å². The van der Waals surface area contributed by atoms with E-state index in [2.05, 4.69) is 5.32 Å². The van der Waals surface area contributed by atoms with Crippen molar-refractivity contribution in [2.45, 2.75) is 33.7 Å². The second kappa shape index (κ2) is 8.37. The first kappa shape index (κ1) is 18.6. The molecule has 0 bridgehead atoms. The lowest BCUT2D eigenvalue weighted by Gasteiger charge is -2.13. The lowest BCUT2D eigenvalue weighted by Crippen LogP contribution is -2.31. The van der Waals surface area contributed by atoms with Gasteiger partial charge in [-0.05, 0) is 51.0 Å². The molecule has 2 aromatic rings. The summed E-state index contributed by atoms with van der Waals surface area (Å²) in [6.07, 6.45) is 1.53. The summed E-state index contributed by atoms with van der Waals surface area (Å²) in [6.45, 7) is 7.02. The number of benzene rings is 1. The van der Waals surface area contributed by atoms with E-state index in [4.69, 9.17) is 13.9 Å². The molecule has 1 N–H and O–H groups in total. The van der Waals surface area contributed by atoms with Gasteiger partial charge in [0.2, 0.25) is 0 Å². The van der Waals surface area contributed by atoms with Gasteiger partial charge in [0, 0.05) is 0 Å². The van der Waals surface area contributed by atoms with Crippen molar-refractivity contribution in [1.82, 2.24) is 5.32 Å². The summed E-state index contributed by atoms with van der Waals surface area (Å²) >= 11 is 0. The summed E-state index contributed by atoms with van der Waals surface area (Å²) in [5, 5.41) is 2.69. The molecule has 0 saturated carbocycles. The van der Waals surface area contributed by atoms with Crippen molar-refractivity contribution in [2.75, 3.05) is 13.2 Å². The van der Waals surface area contributed by atoms with E-state index >= 15 is 0 Å². The molecule has 25 heavy (non-hydrogen) atoms. The van der Waals surface area contributed by atoms with Crippen LogP contribution in [0.5, 0.6) is 5.75 Å². The fourth-order valence-corrected chi connectivity index (χ4v) is 2.61. The molecule has 0 spiro atoms. The first-order chi connectivity index (χ1) is 11.9. The summed E-state index contributed by atoms with van der Waals surface area (Å²) in [4.78, 5) is 23.6. The fraction of sp³-hybridized carbons (Fsp3) is 0.368. The molecule has 0 aliphatic heterocycles. The van der Waals surface area contributed by atoms with Crippen molar-refractivity contribution < 1.29 is 23.5 Å². The lowest BCUT2D eigenvalue weighted by atomic mass is 10.1. The Morgan fingerprint density at radius 2 is 1.84 bits per heavy atom. The van der Waals surface area contributed by atoms with Crippen molar-refractivity contribution in [3.8, 4) is 5.75 Å².